The molecule has 0 aliphatic carbocycles. The summed E-state index contributed by atoms with van der Waals surface area (Å²) in [5.74, 6) is 1.48. The molecule has 0 spiro atoms. The molecule has 0 fully saturated rings. The maximum atomic E-state index is 5.62. The van der Waals surface area contributed by atoms with Gasteiger partial charge in [-0.3, -0.25) is 0 Å². The highest BCUT2D eigenvalue weighted by molar-refractivity contribution is 5.28. The zero-order chi connectivity index (χ0) is 13.4. The number of hydrogen-bond acceptors (Lipinski definition) is 2. The van der Waals surface area contributed by atoms with Crippen LogP contribution < -0.4 is 9.64 Å². The Balaban J connectivity index is 2.15. The molecule has 0 saturated heterocycles. The van der Waals surface area contributed by atoms with Crippen molar-refractivity contribution in [3.63, 3.8) is 0 Å². The van der Waals surface area contributed by atoms with Crippen molar-refractivity contribution in [1.82, 2.24) is 0 Å². The summed E-state index contributed by atoms with van der Waals surface area (Å²) in [4.78, 5) is 1.40. The SMILES string of the molecule is CC(C)c1ccc(OCCOCC[NH+](C)C)cc1. The molecule has 0 aliphatic rings. The zero-order valence-corrected chi connectivity index (χ0v) is 12.0. The van der Waals surface area contributed by atoms with Gasteiger partial charge in [0, 0.05) is 0 Å². The van der Waals surface area contributed by atoms with Crippen LogP contribution in [0.2, 0.25) is 0 Å². The Morgan fingerprint density at radius 2 is 1.67 bits per heavy atom. The van der Waals surface area contributed by atoms with E-state index in [1.807, 2.05) is 12.1 Å². The first-order valence-electron chi connectivity index (χ1n) is 6.69. The Labute approximate surface area is 111 Å². The van der Waals surface area contributed by atoms with Gasteiger partial charge >= 0.3 is 0 Å². The lowest BCUT2D eigenvalue weighted by Gasteiger charge is -2.10. The van der Waals surface area contributed by atoms with Crippen LogP contribution >= 0.6 is 0 Å². The predicted molar refractivity (Wildman–Crippen MR) is 74.5 cm³/mol. The van der Waals surface area contributed by atoms with Gasteiger partial charge in [0.15, 0.2) is 0 Å². The summed E-state index contributed by atoms with van der Waals surface area (Å²) in [6, 6.07) is 8.30. The molecule has 1 rings (SSSR count). The number of likely N-dealkylation sites (N-methyl/N-ethyl adjacent to an activating group) is 1. The molecule has 0 heterocycles. The van der Waals surface area contributed by atoms with Crippen molar-refractivity contribution in [2.75, 3.05) is 40.5 Å². The number of rotatable bonds is 8. The molecule has 0 bridgehead atoms. The van der Waals surface area contributed by atoms with Gasteiger partial charge in [-0.2, -0.15) is 0 Å². The minimum Gasteiger partial charge on any atom is -0.491 e. The van der Waals surface area contributed by atoms with Gasteiger partial charge in [0.1, 0.15) is 18.9 Å². The van der Waals surface area contributed by atoms with Crippen LogP contribution in [0.5, 0.6) is 5.75 Å². The maximum Gasteiger partial charge on any atom is 0.119 e. The fourth-order valence-corrected chi connectivity index (χ4v) is 1.55. The highest BCUT2D eigenvalue weighted by Crippen LogP contribution is 2.18. The van der Waals surface area contributed by atoms with E-state index in [2.05, 4.69) is 40.1 Å². The van der Waals surface area contributed by atoms with Crippen molar-refractivity contribution in [2.24, 2.45) is 0 Å². The fraction of sp³-hybridized carbons (Fsp3) is 0.600. The zero-order valence-electron chi connectivity index (χ0n) is 12.0. The van der Waals surface area contributed by atoms with Crippen LogP contribution in [0, 0.1) is 0 Å². The maximum absolute atomic E-state index is 5.62. The third-order valence-corrected chi connectivity index (χ3v) is 2.79. The molecule has 0 unspecified atom stereocenters. The second-order valence-electron chi connectivity index (χ2n) is 5.14. The number of quaternary nitrogens is 1. The second-order valence-corrected chi connectivity index (χ2v) is 5.14. The smallest absolute Gasteiger partial charge is 0.119 e. The molecule has 3 nitrogen and oxygen atoms in total. The van der Waals surface area contributed by atoms with Gasteiger partial charge in [-0.25, -0.2) is 0 Å². The molecule has 0 aliphatic heterocycles. The average molecular weight is 252 g/mol. The van der Waals surface area contributed by atoms with Gasteiger partial charge in [0.2, 0.25) is 0 Å². The minimum atomic E-state index is 0.566. The third-order valence-electron chi connectivity index (χ3n) is 2.79. The van der Waals surface area contributed by atoms with E-state index in [0.717, 1.165) is 18.9 Å². The van der Waals surface area contributed by atoms with Crippen molar-refractivity contribution >= 4 is 0 Å². The summed E-state index contributed by atoms with van der Waals surface area (Å²) in [6.45, 7) is 7.47. The first kappa shape index (κ1) is 15.0. The molecule has 0 atom stereocenters. The van der Waals surface area contributed by atoms with Gasteiger partial charge in [-0.1, -0.05) is 26.0 Å². The van der Waals surface area contributed by atoms with Crippen LogP contribution in [0.1, 0.15) is 25.3 Å². The summed E-state index contributed by atoms with van der Waals surface area (Å²) < 4.78 is 11.1. The monoisotopic (exact) mass is 252 g/mol. The molecule has 1 N–H and O–H groups in total. The van der Waals surface area contributed by atoms with E-state index >= 15 is 0 Å². The largest absolute Gasteiger partial charge is 0.491 e. The van der Waals surface area contributed by atoms with Crippen LogP contribution in [0.4, 0.5) is 0 Å². The molecule has 0 saturated carbocycles. The Hall–Kier alpha value is -1.06. The molecule has 102 valence electrons. The van der Waals surface area contributed by atoms with E-state index in [-0.39, 0.29) is 0 Å². The van der Waals surface area contributed by atoms with Crippen molar-refractivity contribution in [3.05, 3.63) is 29.8 Å². The van der Waals surface area contributed by atoms with Crippen molar-refractivity contribution in [2.45, 2.75) is 19.8 Å². The summed E-state index contributed by atoms with van der Waals surface area (Å²) in [5.41, 5.74) is 1.34. The van der Waals surface area contributed by atoms with E-state index in [1.165, 1.54) is 10.5 Å². The second kappa shape index (κ2) is 8.11. The van der Waals surface area contributed by atoms with Crippen molar-refractivity contribution < 1.29 is 14.4 Å². The van der Waals surface area contributed by atoms with Crippen molar-refractivity contribution in [3.8, 4) is 5.75 Å². The van der Waals surface area contributed by atoms with E-state index in [4.69, 9.17) is 9.47 Å². The molecule has 0 radical (unpaired) electrons. The molecule has 1 aromatic rings. The summed E-state index contributed by atoms with van der Waals surface area (Å²) in [5, 5.41) is 0. The average Bonchev–Trinajstić information content (AvgIpc) is 2.34. The molecule has 1 aromatic carbocycles. The van der Waals surface area contributed by atoms with Crippen molar-refractivity contribution in [1.29, 1.82) is 0 Å². The topological polar surface area (TPSA) is 22.9 Å². The molecule has 0 aromatic heterocycles. The minimum absolute atomic E-state index is 0.566. The number of hydrogen-bond donors (Lipinski definition) is 1. The first-order valence-corrected chi connectivity index (χ1v) is 6.69. The molecule has 0 amide bonds. The third kappa shape index (κ3) is 6.03. The quantitative estimate of drug-likeness (QED) is 0.706. The summed E-state index contributed by atoms with van der Waals surface area (Å²) in [6.07, 6.45) is 0. The van der Waals surface area contributed by atoms with E-state index in [0.29, 0.717) is 19.1 Å². The standard InChI is InChI=1S/C15H25NO2/c1-13(2)14-5-7-15(8-6-14)18-12-11-17-10-9-16(3)4/h5-8,13H,9-12H2,1-4H3/p+1. The first-order chi connectivity index (χ1) is 8.59. The van der Waals surface area contributed by atoms with Gasteiger partial charge < -0.3 is 14.4 Å². The predicted octanol–water partition coefficient (Wildman–Crippen LogP) is 1.35. The lowest BCUT2D eigenvalue weighted by molar-refractivity contribution is -0.858. The fourth-order valence-electron chi connectivity index (χ4n) is 1.55. The Kier molecular flexibility index (Phi) is 6.76. The molecular weight excluding hydrogens is 226 g/mol. The van der Waals surface area contributed by atoms with Crippen LogP contribution in [-0.2, 0) is 4.74 Å². The highest BCUT2D eigenvalue weighted by Gasteiger charge is 1.99. The highest BCUT2D eigenvalue weighted by atomic mass is 16.5. The van der Waals surface area contributed by atoms with Crippen LogP contribution in [-0.4, -0.2) is 40.5 Å². The van der Waals surface area contributed by atoms with Crippen LogP contribution in [0.15, 0.2) is 24.3 Å². The van der Waals surface area contributed by atoms with Crippen LogP contribution in [0.3, 0.4) is 0 Å². The van der Waals surface area contributed by atoms with E-state index in [1.54, 1.807) is 0 Å². The van der Waals surface area contributed by atoms with Gasteiger partial charge in [0.25, 0.3) is 0 Å². The Morgan fingerprint density at radius 1 is 1.00 bits per heavy atom. The Morgan fingerprint density at radius 3 is 2.22 bits per heavy atom. The number of nitrogens with one attached hydrogen (secondary N) is 1. The Bertz CT molecular complexity index is 320. The van der Waals surface area contributed by atoms with E-state index < -0.39 is 0 Å². The lowest BCUT2D eigenvalue weighted by atomic mass is 10.0. The van der Waals surface area contributed by atoms with Crippen LogP contribution in [0.25, 0.3) is 0 Å². The lowest BCUT2D eigenvalue weighted by Crippen LogP contribution is -3.06. The normalized spacial score (nSPS) is 11.2. The summed E-state index contributed by atoms with van der Waals surface area (Å²) in [7, 11) is 4.24. The number of ether oxygens (including phenoxy) is 2. The number of benzene rings is 1. The van der Waals surface area contributed by atoms with Gasteiger partial charge in [-0.05, 0) is 23.6 Å². The molecule has 3 heteroatoms. The summed E-state index contributed by atoms with van der Waals surface area (Å²) >= 11 is 0. The molecule has 18 heavy (non-hydrogen) atoms. The van der Waals surface area contributed by atoms with Gasteiger partial charge in [0.05, 0.1) is 27.3 Å². The molecular formula is C15H26NO2+. The van der Waals surface area contributed by atoms with Gasteiger partial charge in [-0.15, -0.1) is 0 Å². The van der Waals surface area contributed by atoms with E-state index in [9.17, 15) is 0 Å².